The van der Waals surface area contributed by atoms with E-state index in [4.69, 9.17) is 5.26 Å². The number of carbonyl (C=O) groups is 1. The molecule has 1 unspecified atom stereocenters. The van der Waals surface area contributed by atoms with Crippen molar-refractivity contribution in [3.63, 3.8) is 0 Å². The topological polar surface area (TPSA) is 99.1 Å². The van der Waals surface area contributed by atoms with E-state index in [0.717, 1.165) is 0 Å². The highest BCUT2D eigenvalue weighted by molar-refractivity contribution is 7.89. The zero-order valence-electron chi connectivity index (χ0n) is 12.3. The van der Waals surface area contributed by atoms with E-state index in [1.54, 1.807) is 0 Å². The molecule has 0 fully saturated rings. The molecule has 0 aromatic heterocycles. The van der Waals surface area contributed by atoms with Gasteiger partial charge in [-0.1, -0.05) is 19.9 Å². The summed E-state index contributed by atoms with van der Waals surface area (Å²) in [6.45, 7) is 5.85. The summed E-state index contributed by atoms with van der Waals surface area (Å²) in [4.78, 5) is 11.8. The third kappa shape index (κ3) is 5.17. The van der Waals surface area contributed by atoms with Crippen LogP contribution in [0.5, 0.6) is 0 Å². The normalized spacial score (nSPS) is 12.7. The van der Waals surface area contributed by atoms with Gasteiger partial charge < -0.3 is 5.32 Å². The lowest BCUT2D eigenvalue weighted by atomic mass is 10.2. The first-order valence-electron chi connectivity index (χ1n) is 6.56. The van der Waals surface area contributed by atoms with E-state index in [-0.39, 0.29) is 22.3 Å². The van der Waals surface area contributed by atoms with Gasteiger partial charge in [-0.15, -0.1) is 0 Å². The fourth-order valence-electron chi connectivity index (χ4n) is 1.54. The number of sulfonamides is 1. The quantitative estimate of drug-likeness (QED) is 0.818. The second-order valence-electron chi connectivity index (χ2n) is 5.12. The van der Waals surface area contributed by atoms with Gasteiger partial charge >= 0.3 is 0 Å². The van der Waals surface area contributed by atoms with Gasteiger partial charge in [-0.3, -0.25) is 4.79 Å². The lowest BCUT2D eigenvalue weighted by Crippen LogP contribution is -2.45. The number of amides is 1. The third-order valence-corrected chi connectivity index (χ3v) is 4.22. The number of benzene rings is 1. The summed E-state index contributed by atoms with van der Waals surface area (Å²) >= 11 is 0. The zero-order valence-corrected chi connectivity index (χ0v) is 13.1. The van der Waals surface area contributed by atoms with Crippen molar-refractivity contribution in [2.45, 2.75) is 31.7 Å². The number of nitrogens with zero attached hydrogens (tertiary/aromatic N) is 1. The molecule has 0 saturated carbocycles. The van der Waals surface area contributed by atoms with Crippen LogP contribution in [0.15, 0.2) is 29.2 Å². The highest BCUT2D eigenvalue weighted by atomic mass is 32.2. The van der Waals surface area contributed by atoms with E-state index in [2.05, 4.69) is 10.0 Å². The molecule has 0 saturated heterocycles. The molecule has 1 rings (SSSR count). The minimum absolute atomic E-state index is 0.0370. The molecule has 1 aromatic carbocycles. The number of nitrogens with one attached hydrogen (secondary N) is 2. The van der Waals surface area contributed by atoms with Crippen LogP contribution in [-0.4, -0.2) is 26.9 Å². The predicted octanol–water partition coefficient (Wildman–Crippen LogP) is 0.997. The summed E-state index contributed by atoms with van der Waals surface area (Å²) in [5.41, 5.74) is 0.245. The summed E-state index contributed by atoms with van der Waals surface area (Å²) < 4.78 is 26.6. The molecule has 0 spiro atoms. The Kier molecular flexibility index (Phi) is 5.88. The molecule has 21 heavy (non-hydrogen) atoms. The number of nitriles is 1. The largest absolute Gasteiger partial charge is 0.354 e. The van der Waals surface area contributed by atoms with Crippen molar-refractivity contribution < 1.29 is 13.2 Å². The number of rotatable bonds is 6. The molecule has 0 heterocycles. The molecular weight excluding hydrogens is 290 g/mol. The number of hydrogen-bond acceptors (Lipinski definition) is 4. The second kappa shape index (κ2) is 7.20. The summed E-state index contributed by atoms with van der Waals surface area (Å²) in [6, 6.07) is 6.62. The van der Waals surface area contributed by atoms with Crippen molar-refractivity contribution in [1.29, 1.82) is 5.26 Å². The first-order valence-corrected chi connectivity index (χ1v) is 8.05. The van der Waals surface area contributed by atoms with Crippen LogP contribution in [-0.2, 0) is 14.8 Å². The van der Waals surface area contributed by atoms with Gasteiger partial charge in [0.1, 0.15) is 0 Å². The summed E-state index contributed by atoms with van der Waals surface area (Å²) in [7, 11) is -3.84. The number of carbonyl (C=O) groups excluding carboxylic acids is 1. The lowest BCUT2D eigenvalue weighted by Gasteiger charge is -2.15. The summed E-state index contributed by atoms with van der Waals surface area (Å²) in [6.07, 6.45) is 0. The Hall–Kier alpha value is -1.91. The minimum Gasteiger partial charge on any atom is -0.354 e. The fraction of sp³-hybridized carbons (Fsp3) is 0.429. The van der Waals surface area contributed by atoms with Crippen LogP contribution in [0.25, 0.3) is 0 Å². The fourth-order valence-corrected chi connectivity index (χ4v) is 2.79. The Labute approximate surface area is 125 Å². The molecule has 0 aliphatic carbocycles. The van der Waals surface area contributed by atoms with Crippen LogP contribution < -0.4 is 10.0 Å². The molecule has 1 atom stereocenters. The maximum Gasteiger partial charge on any atom is 0.241 e. The summed E-state index contributed by atoms with van der Waals surface area (Å²) in [5, 5.41) is 11.5. The van der Waals surface area contributed by atoms with Crippen LogP contribution in [0.4, 0.5) is 0 Å². The van der Waals surface area contributed by atoms with Crippen LogP contribution in [0.3, 0.4) is 0 Å². The molecule has 1 aromatic rings. The van der Waals surface area contributed by atoms with E-state index in [9.17, 15) is 13.2 Å². The first-order chi connectivity index (χ1) is 9.76. The van der Waals surface area contributed by atoms with E-state index < -0.39 is 16.1 Å². The van der Waals surface area contributed by atoms with Gasteiger partial charge in [0.05, 0.1) is 22.6 Å². The number of hydrogen-bond donors (Lipinski definition) is 2. The Balaban J connectivity index is 2.80. The Morgan fingerprint density at radius 1 is 1.33 bits per heavy atom. The van der Waals surface area contributed by atoms with Crippen molar-refractivity contribution >= 4 is 15.9 Å². The highest BCUT2D eigenvalue weighted by Crippen LogP contribution is 2.11. The molecule has 2 N–H and O–H groups in total. The molecule has 7 heteroatoms. The first kappa shape index (κ1) is 17.1. The van der Waals surface area contributed by atoms with Gasteiger partial charge in [0.15, 0.2) is 0 Å². The monoisotopic (exact) mass is 309 g/mol. The van der Waals surface area contributed by atoms with Gasteiger partial charge in [-0.05, 0) is 31.0 Å². The minimum atomic E-state index is -3.84. The van der Waals surface area contributed by atoms with Gasteiger partial charge in [0.25, 0.3) is 0 Å². The Morgan fingerprint density at radius 3 is 2.57 bits per heavy atom. The highest BCUT2D eigenvalue weighted by Gasteiger charge is 2.22. The second-order valence-corrected chi connectivity index (χ2v) is 6.84. The van der Waals surface area contributed by atoms with Crippen LogP contribution in [0.2, 0.25) is 0 Å². The van der Waals surface area contributed by atoms with Gasteiger partial charge in [0.2, 0.25) is 15.9 Å². The van der Waals surface area contributed by atoms with Crippen LogP contribution >= 0.6 is 0 Å². The standard InChI is InChI=1S/C14H19N3O3S/c1-10(2)9-16-14(18)11(3)17-21(19,20)13-6-4-5-12(7-13)8-15/h4-7,10-11,17H,9H2,1-3H3,(H,16,18). The van der Waals surface area contributed by atoms with Gasteiger partial charge in [-0.25, -0.2) is 8.42 Å². The van der Waals surface area contributed by atoms with E-state index >= 15 is 0 Å². The van der Waals surface area contributed by atoms with Crippen LogP contribution in [0, 0.1) is 17.2 Å². The van der Waals surface area contributed by atoms with E-state index in [1.165, 1.54) is 31.2 Å². The molecule has 0 aliphatic heterocycles. The molecule has 114 valence electrons. The third-order valence-electron chi connectivity index (χ3n) is 2.68. The van der Waals surface area contributed by atoms with Crippen molar-refractivity contribution in [3.8, 4) is 6.07 Å². The average molecular weight is 309 g/mol. The SMILES string of the molecule is CC(C)CNC(=O)C(C)NS(=O)(=O)c1cccc(C#N)c1. The average Bonchev–Trinajstić information content (AvgIpc) is 2.44. The Morgan fingerprint density at radius 2 is 2.00 bits per heavy atom. The van der Waals surface area contributed by atoms with Crippen molar-refractivity contribution in [2.75, 3.05) is 6.54 Å². The lowest BCUT2D eigenvalue weighted by molar-refractivity contribution is -0.122. The maximum absolute atomic E-state index is 12.2. The molecule has 0 radical (unpaired) electrons. The molecule has 1 amide bonds. The smallest absolute Gasteiger partial charge is 0.241 e. The zero-order chi connectivity index (χ0) is 16.0. The Bertz CT molecular complexity index is 648. The molecule has 6 nitrogen and oxygen atoms in total. The molecule has 0 bridgehead atoms. The van der Waals surface area contributed by atoms with E-state index in [0.29, 0.717) is 6.54 Å². The van der Waals surface area contributed by atoms with Crippen LogP contribution in [0.1, 0.15) is 26.3 Å². The van der Waals surface area contributed by atoms with E-state index in [1.807, 2.05) is 19.9 Å². The van der Waals surface area contributed by atoms with Crippen molar-refractivity contribution in [2.24, 2.45) is 5.92 Å². The predicted molar refractivity (Wildman–Crippen MR) is 78.8 cm³/mol. The molecule has 0 aliphatic rings. The van der Waals surface area contributed by atoms with Gasteiger partial charge in [0, 0.05) is 6.54 Å². The molecular formula is C14H19N3O3S. The summed E-state index contributed by atoms with van der Waals surface area (Å²) in [5.74, 6) is -0.103. The van der Waals surface area contributed by atoms with Crippen molar-refractivity contribution in [3.05, 3.63) is 29.8 Å². The maximum atomic E-state index is 12.2. The van der Waals surface area contributed by atoms with Gasteiger partial charge in [-0.2, -0.15) is 9.98 Å². The van der Waals surface area contributed by atoms with Crippen molar-refractivity contribution in [1.82, 2.24) is 10.0 Å².